The van der Waals surface area contributed by atoms with Crippen LogP contribution in [-0.4, -0.2) is 9.55 Å². The first kappa shape index (κ1) is 38.2. The quantitative estimate of drug-likeness (QED) is 0.153. The number of aromatic nitrogens is 2. The fourth-order valence-electron chi connectivity index (χ4n) is 11.0. The third-order valence-electron chi connectivity index (χ3n) is 14.1. The molecule has 0 atom stereocenters. The molecule has 0 saturated heterocycles. The van der Waals surface area contributed by atoms with Crippen molar-refractivity contribution in [3.63, 3.8) is 0 Å². The number of hydrogen-bond acceptors (Lipinski definition) is 1. The molecule has 2 heterocycles. The molecule has 0 amide bonds. The van der Waals surface area contributed by atoms with Crippen LogP contribution in [-0.2, 0) is 5.41 Å². The van der Waals surface area contributed by atoms with Crippen molar-refractivity contribution in [2.45, 2.75) is 19.3 Å². The first-order valence-electron chi connectivity index (χ1n) is 22.9. The van der Waals surface area contributed by atoms with Crippen molar-refractivity contribution in [1.29, 1.82) is 0 Å². The highest BCUT2D eigenvalue weighted by Crippen LogP contribution is 2.52. The van der Waals surface area contributed by atoms with Crippen LogP contribution in [0.4, 0.5) is 0 Å². The standard InChI is InChI=1S/C64H44N2/c1-64(2)57-29-15-13-27-54(57)63-55(28-17-30-58(63)64)60-39-45(42-20-7-4-8-21-42)38-59(65-60)47-34-46(56-37-44-22-9-10-23-49(44)50-24-11-12-25-51(50)56)35-48(36-47)66-61-31-16-14-26-52(61)53-33-32-43(40-62(53)66)41-18-5-3-6-19-41/h3-40H,1-2H3. The zero-order chi connectivity index (χ0) is 43.9. The molecule has 1 aliphatic rings. The Bertz CT molecular complexity index is 3890. The number of benzene rings is 10. The van der Waals surface area contributed by atoms with Gasteiger partial charge in [-0.05, 0) is 126 Å². The van der Waals surface area contributed by atoms with Gasteiger partial charge < -0.3 is 4.57 Å². The van der Waals surface area contributed by atoms with Gasteiger partial charge in [-0.15, -0.1) is 0 Å². The van der Waals surface area contributed by atoms with Crippen LogP contribution in [0.1, 0.15) is 25.0 Å². The lowest BCUT2D eigenvalue weighted by molar-refractivity contribution is 0.660. The van der Waals surface area contributed by atoms with E-state index in [1.165, 1.54) is 71.3 Å². The molecule has 12 aromatic rings. The first-order valence-corrected chi connectivity index (χ1v) is 22.9. The van der Waals surface area contributed by atoms with Gasteiger partial charge in [-0.25, -0.2) is 4.98 Å². The van der Waals surface area contributed by atoms with Gasteiger partial charge in [0.05, 0.1) is 22.4 Å². The van der Waals surface area contributed by atoms with E-state index < -0.39 is 0 Å². The number of rotatable bonds is 6. The summed E-state index contributed by atoms with van der Waals surface area (Å²) in [5.41, 5.74) is 19.6. The lowest BCUT2D eigenvalue weighted by Crippen LogP contribution is -2.14. The molecule has 66 heavy (non-hydrogen) atoms. The molecule has 2 nitrogen and oxygen atoms in total. The summed E-state index contributed by atoms with van der Waals surface area (Å²) in [7, 11) is 0. The van der Waals surface area contributed by atoms with E-state index in [2.05, 4.69) is 249 Å². The van der Waals surface area contributed by atoms with E-state index >= 15 is 0 Å². The maximum absolute atomic E-state index is 5.74. The number of hydrogen-bond donors (Lipinski definition) is 0. The van der Waals surface area contributed by atoms with Crippen molar-refractivity contribution in [2.75, 3.05) is 0 Å². The topological polar surface area (TPSA) is 17.8 Å². The van der Waals surface area contributed by atoms with Crippen molar-refractivity contribution in [3.8, 4) is 72.7 Å². The minimum absolute atomic E-state index is 0.129. The third kappa shape index (κ3) is 5.99. The molecule has 0 spiro atoms. The number of nitrogens with zero attached hydrogens (tertiary/aromatic N) is 2. The van der Waals surface area contributed by atoms with Gasteiger partial charge in [-0.3, -0.25) is 0 Å². The van der Waals surface area contributed by atoms with E-state index in [9.17, 15) is 0 Å². The minimum atomic E-state index is -0.129. The molecule has 10 aromatic carbocycles. The Morgan fingerprint density at radius 3 is 1.76 bits per heavy atom. The highest BCUT2D eigenvalue weighted by molar-refractivity contribution is 6.14. The highest BCUT2D eigenvalue weighted by Gasteiger charge is 2.37. The summed E-state index contributed by atoms with van der Waals surface area (Å²) in [6, 6.07) is 84.7. The second-order valence-corrected chi connectivity index (χ2v) is 18.3. The Morgan fingerprint density at radius 1 is 0.333 bits per heavy atom. The minimum Gasteiger partial charge on any atom is -0.309 e. The molecule has 0 aliphatic heterocycles. The zero-order valence-electron chi connectivity index (χ0n) is 36.8. The summed E-state index contributed by atoms with van der Waals surface area (Å²) in [5, 5.41) is 7.39. The van der Waals surface area contributed by atoms with E-state index in [-0.39, 0.29) is 5.41 Å². The molecule has 13 rings (SSSR count). The summed E-state index contributed by atoms with van der Waals surface area (Å²) in [6.07, 6.45) is 0. The lowest BCUT2D eigenvalue weighted by Gasteiger charge is -2.21. The summed E-state index contributed by atoms with van der Waals surface area (Å²) in [4.78, 5) is 5.74. The fourth-order valence-corrected chi connectivity index (χ4v) is 11.0. The Balaban J connectivity index is 1.12. The van der Waals surface area contributed by atoms with Crippen LogP contribution >= 0.6 is 0 Å². The second-order valence-electron chi connectivity index (χ2n) is 18.3. The molecule has 0 radical (unpaired) electrons. The van der Waals surface area contributed by atoms with Crippen molar-refractivity contribution >= 4 is 43.4 Å². The summed E-state index contributed by atoms with van der Waals surface area (Å²) in [5.74, 6) is 0. The number of pyridine rings is 1. The molecule has 2 heteroatoms. The molecule has 0 N–H and O–H groups in total. The fraction of sp³-hybridized carbons (Fsp3) is 0.0469. The van der Waals surface area contributed by atoms with Crippen LogP contribution < -0.4 is 0 Å². The second kappa shape index (κ2) is 14.9. The van der Waals surface area contributed by atoms with Gasteiger partial charge in [0.15, 0.2) is 0 Å². The predicted octanol–water partition coefficient (Wildman–Crippen LogP) is 17.1. The maximum atomic E-state index is 5.74. The first-order chi connectivity index (χ1) is 32.5. The number of fused-ring (bicyclic) bond motifs is 9. The van der Waals surface area contributed by atoms with Crippen LogP contribution in [0.2, 0.25) is 0 Å². The van der Waals surface area contributed by atoms with Gasteiger partial charge in [-0.2, -0.15) is 0 Å². The monoisotopic (exact) mass is 840 g/mol. The molecular weight excluding hydrogens is 797 g/mol. The average Bonchev–Trinajstić information content (AvgIpc) is 3.84. The van der Waals surface area contributed by atoms with Gasteiger partial charge in [-0.1, -0.05) is 196 Å². The summed E-state index contributed by atoms with van der Waals surface area (Å²) < 4.78 is 2.47. The lowest BCUT2D eigenvalue weighted by atomic mass is 9.82. The molecular formula is C64H44N2. The predicted molar refractivity (Wildman–Crippen MR) is 278 cm³/mol. The largest absolute Gasteiger partial charge is 0.309 e. The van der Waals surface area contributed by atoms with E-state index in [1.54, 1.807) is 0 Å². The van der Waals surface area contributed by atoms with Crippen LogP contribution in [0, 0.1) is 0 Å². The van der Waals surface area contributed by atoms with Crippen molar-refractivity contribution in [2.24, 2.45) is 0 Å². The zero-order valence-corrected chi connectivity index (χ0v) is 36.8. The SMILES string of the molecule is CC1(C)c2ccccc2-c2c(-c3cc(-c4ccccc4)cc(-c4cc(-c5cc6ccccc6c6ccccc56)cc(-n5c6ccccc6c6ccc(-c7ccccc7)cc65)c4)n3)cccc21. The summed E-state index contributed by atoms with van der Waals surface area (Å²) >= 11 is 0. The van der Waals surface area contributed by atoms with Crippen LogP contribution in [0.5, 0.6) is 0 Å². The maximum Gasteiger partial charge on any atom is 0.0722 e. The molecule has 0 fully saturated rings. The molecule has 0 saturated carbocycles. The molecule has 2 aromatic heterocycles. The van der Waals surface area contributed by atoms with E-state index in [0.29, 0.717) is 0 Å². The molecule has 0 bridgehead atoms. The highest BCUT2D eigenvalue weighted by atomic mass is 15.0. The van der Waals surface area contributed by atoms with Gasteiger partial charge >= 0.3 is 0 Å². The number of para-hydroxylation sites is 1. The molecule has 0 unspecified atom stereocenters. The molecule has 1 aliphatic carbocycles. The Kier molecular flexibility index (Phi) is 8.60. The van der Waals surface area contributed by atoms with Crippen molar-refractivity contribution in [1.82, 2.24) is 9.55 Å². The molecule has 310 valence electrons. The van der Waals surface area contributed by atoms with E-state index in [4.69, 9.17) is 4.98 Å². The van der Waals surface area contributed by atoms with Gasteiger partial charge in [0.25, 0.3) is 0 Å². The Hall–Kier alpha value is -8.33. The Morgan fingerprint density at radius 2 is 0.939 bits per heavy atom. The van der Waals surface area contributed by atoms with Crippen LogP contribution in [0.15, 0.2) is 231 Å². The van der Waals surface area contributed by atoms with Gasteiger partial charge in [0.2, 0.25) is 0 Å². The van der Waals surface area contributed by atoms with Gasteiger partial charge in [0, 0.05) is 33.0 Å². The summed E-state index contributed by atoms with van der Waals surface area (Å²) in [6.45, 7) is 4.70. The van der Waals surface area contributed by atoms with Gasteiger partial charge in [0.1, 0.15) is 0 Å². The van der Waals surface area contributed by atoms with Crippen LogP contribution in [0.25, 0.3) is 116 Å². The third-order valence-corrected chi connectivity index (χ3v) is 14.1. The van der Waals surface area contributed by atoms with Crippen molar-refractivity contribution in [3.05, 3.63) is 242 Å². The normalized spacial score (nSPS) is 12.8. The smallest absolute Gasteiger partial charge is 0.0722 e. The van der Waals surface area contributed by atoms with Crippen LogP contribution in [0.3, 0.4) is 0 Å². The average molecular weight is 841 g/mol. The van der Waals surface area contributed by atoms with E-state index in [0.717, 1.165) is 55.9 Å². The van der Waals surface area contributed by atoms with E-state index in [1.807, 2.05) is 0 Å². The van der Waals surface area contributed by atoms with Crippen molar-refractivity contribution < 1.29 is 0 Å². The Labute approximate surface area is 384 Å².